The Morgan fingerprint density at radius 1 is 1.05 bits per heavy atom. The highest BCUT2D eigenvalue weighted by Crippen LogP contribution is 2.64. The minimum absolute atomic E-state index is 0.192. The third kappa shape index (κ3) is 1.85. The molecule has 4 N–H and O–H groups in total. The summed E-state index contributed by atoms with van der Waals surface area (Å²) >= 11 is 0. The molecule has 0 spiro atoms. The van der Waals surface area contributed by atoms with Gasteiger partial charge in [0.05, 0.1) is 12.2 Å². The second-order valence-corrected chi connectivity index (χ2v) is 9.02. The summed E-state index contributed by atoms with van der Waals surface area (Å²) in [5.74, 6) is 1.51. The number of hydrogen-bond donors (Lipinski definition) is 3. The number of aliphatic hydroxyl groups is 2. The molecule has 124 valence electrons. The molecule has 0 saturated heterocycles. The topological polar surface area (TPSA) is 66.5 Å². The highest BCUT2D eigenvalue weighted by Gasteiger charge is 2.60. The Labute approximate surface area is 134 Å². The molecule has 3 fully saturated rings. The van der Waals surface area contributed by atoms with Gasteiger partial charge in [0, 0.05) is 6.04 Å². The van der Waals surface area contributed by atoms with Crippen LogP contribution in [0, 0.1) is 28.6 Å². The third-order valence-corrected chi connectivity index (χ3v) is 8.18. The predicted octanol–water partition coefficient (Wildman–Crippen LogP) is 2.61. The van der Waals surface area contributed by atoms with Gasteiger partial charge in [-0.3, -0.25) is 0 Å². The Morgan fingerprint density at radius 3 is 2.59 bits per heavy atom. The second-order valence-electron chi connectivity index (χ2n) is 9.02. The van der Waals surface area contributed by atoms with Gasteiger partial charge in [-0.15, -0.1) is 0 Å². The van der Waals surface area contributed by atoms with Gasteiger partial charge in [-0.05, 0) is 73.5 Å². The molecule has 3 saturated carbocycles. The fourth-order valence-corrected chi connectivity index (χ4v) is 6.67. The molecule has 3 nitrogen and oxygen atoms in total. The van der Waals surface area contributed by atoms with Gasteiger partial charge in [0.1, 0.15) is 0 Å². The van der Waals surface area contributed by atoms with Crippen LogP contribution in [0.3, 0.4) is 0 Å². The van der Waals surface area contributed by atoms with Gasteiger partial charge in [0.2, 0.25) is 0 Å². The summed E-state index contributed by atoms with van der Waals surface area (Å²) < 4.78 is 0. The van der Waals surface area contributed by atoms with Crippen molar-refractivity contribution in [3.8, 4) is 0 Å². The van der Waals surface area contributed by atoms with E-state index in [0.29, 0.717) is 23.8 Å². The number of aliphatic hydroxyl groups excluding tert-OH is 2. The molecular formula is C19H31NO2. The Morgan fingerprint density at radius 2 is 1.82 bits per heavy atom. The van der Waals surface area contributed by atoms with Crippen molar-refractivity contribution in [2.24, 2.45) is 34.3 Å². The lowest BCUT2D eigenvalue weighted by molar-refractivity contribution is -0.0853. The molecule has 0 bridgehead atoms. The average Bonchev–Trinajstić information content (AvgIpc) is 2.77. The first kappa shape index (κ1) is 15.2. The number of nitrogens with two attached hydrogens (primary N) is 1. The highest BCUT2D eigenvalue weighted by atomic mass is 16.3. The Balaban J connectivity index is 1.73. The van der Waals surface area contributed by atoms with Gasteiger partial charge in [0.25, 0.3) is 0 Å². The third-order valence-electron chi connectivity index (χ3n) is 8.18. The molecule has 0 aromatic heterocycles. The molecule has 22 heavy (non-hydrogen) atoms. The maximum absolute atomic E-state index is 10.9. The van der Waals surface area contributed by atoms with Gasteiger partial charge < -0.3 is 15.9 Å². The summed E-state index contributed by atoms with van der Waals surface area (Å²) in [4.78, 5) is 0. The fraction of sp³-hybridized carbons (Fsp3) is 0.895. The van der Waals surface area contributed by atoms with Gasteiger partial charge in [0.15, 0.2) is 0 Å². The molecule has 0 aromatic carbocycles. The van der Waals surface area contributed by atoms with E-state index >= 15 is 0 Å². The lowest BCUT2D eigenvalue weighted by Gasteiger charge is -2.58. The zero-order chi connectivity index (χ0) is 15.7. The second kappa shape index (κ2) is 4.81. The van der Waals surface area contributed by atoms with Crippen LogP contribution in [-0.2, 0) is 0 Å². The van der Waals surface area contributed by atoms with E-state index in [0.717, 1.165) is 25.7 Å². The van der Waals surface area contributed by atoms with Crippen LogP contribution in [-0.4, -0.2) is 28.5 Å². The quantitative estimate of drug-likeness (QED) is 0.603. The lowest BCUT2D eigenvalue weighted by Crippen LogP contribution is -2.56. The van der Waals surface area contributed by atoms with Gasteiger partial charge in [-0.2, -0.15) is 0 Å². The van der Waals surface area contributed by atoms with Crippen molar-refractivity contribution in [3.63, 3.8) is 0 Å². The number of hydrogen-bond acceptors (Lipinski definition) is 3. The van der Waals surface area contributed by atoms with Crippen molar-refractivity contribution < 1.29 is 10.2 Å². The van der Waals surface area contributed by atoms with Crippen molar-refractivity contribution in [1.29, 1.82) is 0 Å². The zero-order valence-corrected chi connectivity index (χ0v) is 14.0. The smallest absolute Gasteiger partial charge is 0.0757 e. The van der Waals surface area contributed by atoms with Crippen LogP contribution >= 0.6 is 0 Å². The van der Waals surface area contributed by atoms with Crippen LogP contribution in [0.5, 0.6) is 0 Å². The average molecular weight is 305 g/mol. The van der Waals surface area contributed by atoms with Crippen molar-refractivity contribution in [3.05, 3.63) is 11.6 Å². The summed E-state index contributed by atoms with van der Waals surface area (Å²) in [6, 6.07) is 0.303. The lowest BCUT2D eigenvalue weighted by atomic mass is 9.47. The molecule has 0 aliphatic heterocycles. The summed E-state index contributed by atoms with van der Waals surface area (Å²) in [6.45, 7) is 4.76. The molecule has 0 unspecified atom stereocenters. The van der Waals surface area contributed by atoms with Crippen molar-refractivity contribution >= 4 is 0 Å². The minimum Gasteiger partial charge on any atom is -0.393 e. The largest absolute Gasteiger partial charge is 0.393 e. The molecule has 0 amide bonds. The van der Waals surface area contributed by atoms with Gasteiger partial charge >= 0.3 is 0 Å². The zero-order valence-electron chi connectivity index (χ0n) is 14.0. The molecule has 0 radical (unpaired) electrons. The van der Waals surface area contributed by atoms with Crippen LogP contribution in [0.4, 0.5) is 0 Å². The fourth-order valence-electron chi connectivity index (χ4n) is 6.67. The predicted molar refractivity (Wildman–Crippen MR) is 87.1 cm³/mol. The first-order chi connectivity index (χ1) is 10.4. The van der Waals surface area contributed by atoms with E-state index in [1.165, 1.54) is 24.8 Å². The highest BCUT2D eigenvalue weighted by molar-refractivity contribution is 5.28. The van der Waals surface area contributed by atoms with Gasteiger partial charge in [-0.25, -0.2) is 0 Å². The standard InChI is InChI=1S/C19H31NO2/c1-18-7-5-12(21)9-11(18)10-15(22)17-13-3-4-16(20)19(13,2)8-6-14(17)18/h10,12-17,21-22H,3-9,20H2,1-2H3/t12-,13-,14-,15-,16-,17-,18-,19-/m0/s1. The van der Waals surface area contributed by atoms with Gasteiger partial charge in [-0.1, -0.05) is 25.5 Å². The summed E-state index contributed by atoms with van der Waals surface area (Å²) in [5, 5.41) is 20.9. The maximum Gasteiger partial charge on any atom is 0.0757 e. The van der Waals surface area contributed by atoms with Crippen LogP contribution in [0.25, 0.3) is 0 Å². The van der Waals surface area contributed by atoms with E-state index in [4.69, 9.17) is 5.73 Å². The van der Waals surface area contributed by atoms with E-state index in [9.17, 15) is 10.2 Å². The summed E-state index contributed by atoms with van der Waals surface area (Å²) in [6.07, 6.45) is 8.99. The molecule has 3 heteroatoms. The molecule has 4 aliphatic carbocycles. The molecule has 8 atom stereocenters. The Kier molecular flexibility index (Phi) is 3.32. The summed E-state index contributed by atoms with van der Waals surface area (Å²) in [7, 11) is 0. The van der Waals surface area contributed by atoms with Crippen LogP contribution < -0.4 is 5.73 Å². The van der Waals surface area contributed by atoms with Crippen LogP contribution in [0.15, 0.2) is 11.6 Å². The summed E-state index contributed by atoms with van der Waals surface area (Å²) in [5.41, 5.74) is 8.18. The van der Waals surface area contributed by atoms with E-state index in [2.05, 4.69) is 19.9 Å². The van der Waals surface area contributed by atoms with Crippen molar-refractivity contribution in [1.82, 2.24) is 0 Å². The van der Waals surface area contributed by atoms with Crippen LogP contribution in [0.1, 0.15) is 58.8 Å². The number of fused-ring (bicyclic) bond motifs is 5. The van der Waals surface area contributed by atoms with E-state index < -0.39 is 0 Å². The monoisotopic (exact) mass is 305 g/mol. The number of rotatable bonds is 0. The first-order valence-corrected chi connectivity index (χ1v) is 9.19. The van der Waals surface area contributed by atoms with Crippen LogP contribution in [0.2, 0.25) is 0 Å². The molecule has 4 rings (SSSR count). The van der Waals surface area contributed by atoms with E-state index in [1.54, 1.807) is 0 Å². The van der Waals surface area contributed by atoms with Crippen molar-refractivity contribution in [2.75, 3.05) is 0 Å². The maximum atomic E-state index is 10.9. The Bertz CT molecular complexity index is 504. The Hall–Kier alpha value is -0.380. The molecular weight excluding hydrogens is 274 g/mol. The van der Waals surface area contributed by atoms with E-state index in [-0.39, 0.29) is 23.0 Å². The molecule has 0 aromatic rings. The SMILES string of the molecule is C[C@]12CC[C@H]3[C@@H]([C@@H](O)C=C4C[C@@H](O)CC[C@@]43C)[C@@H]1CC[C@@H]2N. The first-order valence-electron chi connectivity index (χ1n) is 9.19. The molecule has 0 heterocycles. The minimum atomic E-state index is -0.340. The normalized spacial score (nSPS) is 57.6. The van der Waals surface area contributed by atoms with E-state index in [1.807, 2.05) is 0 Å². The van der Waals surface area contributed by atoms with Crippen molar-refractivity contribution in [2.45, 2.75) is 77.0 Å². The molecule has 4 aliphatic rings.